The van der Waals surface area contributed by atoms with Crippen LogP contribution in [-0.4, -0.2) is 17.9 Å². The number of rotatable bonds is 2. The summed E-state index contributed by atoms with van der Waals surface area (Å²) in [6.45, 7) is 1.74. The van der Waals surface area contributed by atoms with Gasteiger partial charge in [-0.2, -0.15) is 0 Å². The highest BCUT2D eigenvalue weighted by Crippen LogP contribution is 2.16. The fraction of sp³-hybridized carbons (Fsp3) is 0.143. The number of carbonyl (C=O) groups excluding carboxylic acids is 1. The number of aryl methyl sites for hydroxylation is 1. The first-order valence-corrected chi connectivity index (χ1v) is 5.72. The van der Waals surface area contributed by atoms with Gasteiger partial charge in [-0.3, -0.25) is 9.59 Å². The van der Waals surface area contributed by atoms with E-state index in [1.165, 1.54) is 35.2 Å². The molecule has 0 spiro atoms. The maximum Gasteiger partial charge on any atom is 0.274 e. The number of amides is 1. The van der Waals surface area contributed by atoms with Crippen LogP contribution < -0.4 is 10.5 Å². The number of nitrogens with one attached hydrogen (secondary N) is 1. The molecule has 2 aromatic rings. The standard InChI is InChI=1S/C14H13FN2O2/c1-9-3-8-12(18)16-13(9)14(19)17(2)11-6-4-10(15)5-7-11/h3-8H,1-2H3,(H,16,18). The van der Waals surface area contributed by atoms with Crippen LogP contribution in [0.25, 0.3) is 0 Å². The predicted octanol–water partition coefficient (Wildman–Crippen LogP) is 2.10. The van der Waals surface area contributed by atoms with Crippen molar-refractivity contribution in [1.29, 1.82) is 0 Å². The third-order valence-corrected chi connectivity index (χ3v) is 2.86. The Morgan fingerprint density at radius 2 is 1.79 bits per heavy atom. The van der Waals surface area contributed by atoms with Gasteiger partial charge in [0, 0.05) is 18.8 Å². The number of H-pyrrole nitrogens is 1. The van der Waals surface area contributed by atoms with Crippen molar-refractivity contribution < 1.29 is 9.18 Å². The van der Waals surface area contributed by atoms with Crippen molar-refractivity contribution in [2.75, 3.05) is 11.9 Å². The fourth-order valence-electron chi connectivity index (χ4n) is 1.72. The summed E-state index contributed by atoms with van der Waals surface area (Å²) in [6, 6.07) is 8.52. The topological polar surface area (TPSA) is 53.2 Å². The number of aromatic nitrogens is 1. The van der Waals surface area contributed by atoms with Crippen LogP contribution in [0.2, 0.25) is 0 Å². The van der Waals surface area contributed by atoms with Gasteiger partial charge in [0.25, 0.3) is 5.91 Å². The van der Waals surface area contributed by atoms with Gasteiger partial charge in [-0.15, -0.1) is 0 Å². The van der Waals surface area contributed by atoms with Gasteiger partial charge in [0.15, 0.2) is 0 Å². The van der Waals surface area contributed by atoms with Crippen molar-refractivity contribution in [3.05, 3.63) is 63.8 Å². The minimum absolute atomic E-state index is 0.235. The lowest BCUT2D eigenvalue weighted by Crippen LogP contribution is -2.29. The third-order valence-electron chi connectivity index (χ3n) is 2.86. The molecule has 0 saturated heterocycles. The second-order valence-electron chi connectivity index (χ2n) is 4.22. The number of benzene rings is 1. The SMILES string of the molecule is Cc1ccc(=O)[nH]c1C(=O)N(C)c1ccc(F)cc1. The number of halogens is 1. The number of nitrogens with zero attached hydrogens (tertiary/aromatic N) is 1. The highest BCUT2D eigenvalue weighted by atomic mass is 19.1. The molecule has 0 aliphatic heterocycles. The molecule has 0 aliphatic rings. The summed E-state index contributed by atoms with van der Waals surface area (Å²) in [6.07, 6.45) is 0. The lowest BCUT2D eigenvalue weighted by Gasteiger charge is -2.18. The lowest BCUT2D eigenvalue weighted by atomic mass is 10.2. The highest BCUT2D eigenvalue weighted by Gasteiger charge is 2.16. The molecule has 1 N–H and O–H groups in total. The van der Waals surface area contributed by atoms with Crippen LogP contribution in [0.1, 0.15) is 16.1 Å². The molecule has 19 heavy (non-hydrogen) atoms. The first-order chi connectivity index (χ1) is 8.99. The van der Waals surface area contributed by atoms with Crippen molar-refractivity contribution in [1.82, 2.24) is 4.98 Å². The zero-order valence-electron chi connectivity index (χ0n) is 10.6. The van der Waals surface area contributed by atoms with Crippen LogP contribution >= 0.6 is 0 Å². The molecule has 1 heterocycles. The number of pyridine rings is 1. The molecule has 0 unspecified atom stereocenters. The number of anilines is 1. The third kappa shape index (κ3) is 2.70. The molecule has 0 fully saturated rings. The Morgan fingerprint density at radius 3 is 2.42 bits per heavy atom. The van der Waals surface area contributed by atoms with E-state index in [4.69, 9.17) is 0 Å². The molecule has 0 saturated carbocycles. The first-order valence-electron chi connectivity index (χ1n) is 5.72. The van der Waals surface area contributed by atoms with E-state index < -0.39 is 0 Å². The minimum atomic E-state index is -0.367. The average Bonchev–Trinajstić information content (AvgIpc) is 2.41. The van der Waals surface area contributed by atoms with Crippen molar-refractivity contribution in [3.63, 3.8) is 0 Å². The highest BCUT2D eigenvalue weighted by molar-refractivity contribution is 6.05. The zero-order valence-corrected chi connectivity index (χ0v) is 10.6. The summed E-state index contributed by atoms with van der Waals surface area (Å²) in [7, 11) is 1.57. The van der Waals surface area contributed by atoms with Gasteiger partial charge in [0.2, 0.25) is 5.56 Å². The summed E-state index contributed by atoms with van der Waals surface area (Å²) < 4.78 is 12.8. The number of carbonyl (C=O) groups is 1. The van der Waals surface area contributed by atoms with E-state index in [-0.39, 0.29) is 23.0 Å². The summed E-state index contributed by atoms with van der Waals surface area (Å²) in [5.41, 5.74) is 1.13. The molecular formula is C14H13FN2O2. The van der Waals surface area contributed by atoms with Crippen molar-refractivity contribution in [2.24, 2.45) is 0 Å². The van der Waals surface area contributed by atoms with E-state index >= 15 is 0 Å². The molecule has 4 nitrogen and oxygen atoms in total. The Morgan fingerprint density at radius 1 is 1.16 bits per heavy atom. The molecule has 1 aromatic carbocycles. The second kappa shape index (κ2) is 5.06. The summed E-state index contributed by atoms with van der Waals surface area (Å²) in [5.74, 6) is -0.712. The van der Waals surface area contributed by atoms with Gasteiger partial charge in [-0.05, 0) is 36.8 Å². The molecule has 5 heteroatoms. The molecular weight excluding hydrogens is 247 g/mol. The monoisotopic (exact) mass is 260 g/mol. The van der Waals surface area contributed by atoms with Gasteiger partial charge in [0.1, 0.15) is 11.5 Å². The Balaban J connectivity index is 2.36. The van der Waals surface area contributed by atoms with Crippen molar-refractivity contribution in [2.45, 2.75) is 6.92 Å². The van der Waals surface area contributed by atoms with Gasteiger partial charge < -0.3 is 9.88 Å². The molecule has 0 bridgehead atoms. The number of hydrogen-bond donors (Lipinski definition) is 1. The maximum absolute atomic E-state index is 12.8. The molecule has 0 atom stereocenters. The maximum atomic E-state index is 12.8. The van der Waals surface area contributed by atoms with Crippen LogP contribution in [0.3, 0.4) is 0 Å². The van der Waals surface area contributed by atoms with Crippen LogP contribution in [0.15, 0.2) is 41.2 Å². The molecule has 0 aliphatic carbocycles. The fourth-order valence-corrected chi connectivity index (χ4v) is 1.72. The molecule has 98 valence electrons. The minimum Gasteiger partial charge on any atom is -0.318 e. The van der Waals surface area contributed by atoms with Crippen molar-refractivity contribution in [3.8, 4) is 0 Å². The van der Waals surface area contributed by atoms with E-state index in [9.17, 15) is 14.0 Å². The first kappa shape index (κ1) is 13.0. The molecule has 2 rings (SSSR count). The van der Waals surface area contributed by atoms with Gasteiger partial charge >= 0.3 is 0 Å². The Hall–Kier alpha value is -2.43. The molecule has 1 aromatic heterocycles. The normalized spacial score (nSPS) is 10.3. The van der Waals surface area contributed by atoms with E-state index in [1.807, 2.05) is 0 Å². The van der Waals surface area contributed by atoms with Crippen LogP contribution in [0.5, 0.6) is 0 Å². The van der Waals surface area contributed by atoms with Crippen LogP contribution in [0.4, 0.5) is 10.1 Å². The van der Waals surface area contributed by atoms with Crippen LogP contribution in [0, 0.1) is 12.7 Å². The Kier molecular flexibility index (Phi) is 3.46. The summed E-state index contributed by atoms with van der Waals surface area (Å²) in [5, 5.41) is 0. The van der Waals surface area contributed by atoms with Gasteiger partial charge in [0.05, 0.1) is 0 Å². The smallest absolute Gasteiger partial charge is 0.274 e. The predicted molar refractivity (Wildman–Crippen MR) is 70.9 cm³/mol. The Labute approximate surface area is 109 Å². The van der Waals surface area contributed by atoms with Gasteiger partial charge in [-0.1, -0.05) is 6.07 Å². The molecule has 1 amide bonds. The zero-order chi connectivity index (χ0) is 14.0. The number of hydrogen-bond acceptors (Lipinski definition) is 2. The van der Waals surface area contributed by atoms with Crippen molar-refractivity contribution >= 4 is 11.6 Å². The number of aromatic amines is 1. The van der Waals surface area contributed by atoms with E-state index in [0.29, 0.717) is 11.3 Å². The second-order valence-corrected chi connectivity index (χ2v) is 4.22. The van der Waals surface area contributed by atoms with E-state index in [0.717, 1.165) is 0 Å². The quantitative estimate of drug-likeness (QED) is 0.899. The van der Waals surface area contributed by atoms with E-state index in [1.54, 1.807) is 20.0 Å². The summed E-state index contributed by atoms with van der Waals surface area (Å²) in [4.78, 5) is 27.4. The van der Waals surface area contributed by atoms with Gasteiger partial charge in [-0.25, -0.2) is 4.39 Å². The Bertz CT molecular complexity index is 662. The summed E-state index contributed by atoms with van der Waals surface area (Å²) >= 11 is 0. The lowest BCUT2D eigenvalue weighted by molar-refractivity contribution is 0.0987. The average molecular weight is 260 g/mol. The van der Waals surface area contributed by atoms with Crippen LogP contribution in [-0.2, 0) is 0 Å². The van der Waals surface area contributed by atoms with E-state index in [2.05, 4.69) is 4.98 Å². The molecule has 0 radical (unpaired) electrons. The largest absolute Gasteiger partial charge is 0.318 e.